The second-order valence-electron chi connectivity index (χ2n) is 3.61. The molecule has 0 fully saturated rings. The summed E-state index contributed by atoms with van der Waals surface area (Å²) in [6.45, 7) is 1.42. The van der Waals surface area contributed by atoms with Gasteiger partial charge in [-0.25, -0.2) is 4.99 Å². The van der Waals surface area contributed by atoms with Crippen LogP contribution in [0.4, 0.5) is 11.4 Å². The van der Waals surface area contributed by atoms with Crippen molar-refractivity contribution < 1.29 is 4.74 Å². The minimum Gasteiger partial charge on any atom is -0.463 e. The van der Waals surface area contributed by atoms with E-state index >= 15 is 0 Å². The van der Waals surface area contributed by atoms with E-state index in [-0.39, 0.29) is 0 Å². The maximum absolute atomic E-state index is 5.28. The lowest BCUT2D eigenvalue weighted by Gasteiger charge is -2.14. The lowest BCUT2D eigenvalue weighted by molar-refractivity contribution is 0.346. The fourth-order valence-electron chi connectivity index (χ4n) is 1.40. The summed E-state index contributed by atoms with van der Waals surface area (Å²) in [6.07, 6.45) is 0. The number of ether oxygens (including phenoxy) is 1. The normalized spacial score (nSPS) is 14.4. The molecule has 1 aliphatic heterocycles. The van der Waals surface area contributed by atoms with Crippen LogP contribution in [0.1, 0.15) is 0 Å². The zero-order valence-corrected chi connectivity index (χ0v) is 9.03. The van der Waals surface area contributed by atoms with E-state index in [1.807, 2.05) is 26.2 Å². The molecule has 80 valence electrons. The molecule has 4 nitrogen and oxygen atoms in total. The van der Waals surface area contributed by atoms with Gasteiger partial charge in [0.25, 0.3) is 6.02 Å². The van der Waals surface area contributed by atoms with Crippen LogP contribution in [-0.2, 0) is 4.74 Å². The molecule has 0 atom stereocenters. The van der Waals surface area contributed by atoms with Crippen molar-refractivity contribution in [3.05, 3.63) is 24.3 Å². The van der Waals surface area contributed by atoms with Crippen LogP contribution in [0, 0.1) is 0 Å². The molecule has 2 rings (SSSR count). The van der Waals surface area contributed by atoms with E-state index in [0.29, 0.717) is 12.6 Å². The summed E-state index contributed by atoms with van der Waals surface area (Å²) < 4.78 is 5.28. The van der Waals surface area contributed by atoms with Crippen molar-refractivity contribution in [2.24, 2.45) is 4.99 Å². The van der Waals surface area contributed by atoms with Gasteiger partial charge < -0.3 is 15.0 Å². The molecule has 0 amide bonds. The first-order valence-corrected chi connectivity index (χ1v) is 4.97. The van der Waals surface area contributed by atoms with Crippen molar-refractivity contribution in [2.75, 3.05) is 37.5 Å². The molecule has 0 saturated heterocycles. The van der Waals surface area contributed by atoms with Gasteiger partial charge in [0, 0.05) is 25.5 Å². The maximum atomic E-state index is 5.28. The Morgan fingerprint density at radius 2 is 2.27 bits per heavy atom. The van der Waals surface area contributed by atoms with Crippen LogP contribution in [0.15, 0.2) is 29.3 Å². The predicted molar refractivity (Wildman–Crippen MR) is 62.6 cm³/mol. The third-order valence-electron chi connectivity index (χ3n) is 2.20. The Hall–Kier alpha value is -1.71. The molecule has 4 heteroatoms. The van der Waals surface area contributed by atoms with Crippen molar-refractivity contribution in [3.8, 4) is 0 Å². The number of nitrogens with zero attached hydrogens (tertiary/aromatic N) is 2. The SMILES string of the molecule is CN(C)c1cccc(NC2=NCCO2)c1. The number of hydrogen-bond acceptors (Lipinski definition) is 4. The van der Waals surface area contributed by atoms with Crippen LogP contribution in [0.2, 0.25) is 0 Å². The van der Waals surface area contributed by atoms with Gasteiger partial charge in [0.1, 0.15) is 6.61 Å². The molecule has 0 radical (unpaired) electrons. The quantitative estimate of drug-likeness (QED) is 0.796. The number of hydrogen-bond donors (Lipinski definition) is 1. The first-order chi connectivity index (χ1) is 7.25. The monoisotopic (exact) mass is 205 g/mol. The number of rotatable bonds is 2. The molecule has 1 heterocycles. The Kier molecular flexibility index (Phi) is 2.76. The van der Waals surface area contributed by atoms with E-state index in [9.17, 15) is 0 Å². The average molecular weight is 205 g/mol. The Bertz CT molecular complexity index is 374. The lowest BCUT2D eigenvalue weighted by atomic mass is 10.2. The highest BCUT2D eigenvalue weighted by Crippen LogP contribution is 2.17. The number of benzene rings is 1. The lowest BCUT2D eigenvalue weighted by Crippen LogP contribution is -2.13. The molecule has 0 spiro atoms. The van der Waals surface area contributed by atoms with E-state index in [1.165, 1.54) is 0 Å². The van der Waals surface area contributed by atoms with Gasteiger partial charge in [-0.15, -0.1) is 0 Å². The summed E-state index contributed by atoms with van der Waals surface area (Å²) >= 11 is 0. The van der Waals surface area contributed by atoms with Crippen molar-refractivity contribution >= 4 is 17.4 Å². The number of nitrogens with one attached hydrogen (secondary N) is 1. The topological polar surface area (TPSA) is 36.9 Å². The number of anilines is 2. The molecule has 0 aliphatic carbocycles. The maximum Gasteiger partial charge on any atom is 0.289 e. The van der Waals surface area contributed by atoms with Crippen LogP contribution < -0.4 is 10.2 Å². The second-order valence-corrected chi connectivity index (χ2v) is 3.61. The molecule has 1 N–H and O–H groups in total. The Labute approximate surface area is 89.6 Å². The van der Waals surface area contributed by atoms with Crippen molar-refractivity contribution in [1.29, 1.82) is 0 Å². The van der Waals surface area contributed by atoms with Crippen molar-refractivity contribution in [1.82, 2.24) is 0 Å². The molecule has 15 heavy (non-hydrogen) atoms. The summed E-state index contributed by atoms with van der Waals surface area (Å²) in [4.78, 5) is 6.23. The van der Waals surface area contributed by atoms with E-state index in [1.54, 1.807) is 0 Å². The van der Waals surface area contributed by atoms with Gasteiger partial charge in [-0.05, 0) is 18.2 Å². The summed E-state index contributed by atoms with van der Waals surface area (Å²) in [5, 5.41) is 3.14. The summed E-state index contributed by atoms with van der Waals surface area (Å²) in [7, 11) is 4.03. The van der Waals surface area contributed by atoms with Crippen LogP contribution >= 0.6 is 0 Å². The standard InChI is InChI=1S/C11H15N3O/c1-14(2)10-5-3-4-9(8-10)13-11-12-6-7-15-11/h3-5,8H,6-7H2,1-2H3,(H,12,13). The smallest absolute Gasteiger partial charge is 0.289 e. The van der Waals surface area contributed by atoms with E-state index < -0.39 is 0 Å². The first kappa shape index (κ1) is 9.83. The third-order valence-corrected chi connectivity index (χ3v) is 2.20. The van der Waals surface area contributed by atoms with Gasteiger partial charge in [0.15, 0.2) is 0 Å². The summed E-state index contributed by atoms with van der Waals surface area (Å²) in [5.74, 6) is 0. The molecule has 0 bridgehead atoms. The molecule has 0 aromatic heterocycles. The van der Waals surface area contributed by atoms with Crippen LogP contribution in [0.5, 0.6) is 0 Å². The minimum absolute atomic E-state index is 0.617. The van der Waals surface area contributed by atoms with Gasteiger partial charge in [0.2, 0.25) is 0 Å². The van der Waals surface area contributed by atoms with E-state index in [0.717, 1.165) is 17.9 Å². The van der Waals surface area contributed by atoms with Crippen LogP contribution in [0.3, 0.4) is 0 Å². The summed E-state index contributed by atoms with van der Waals surface area (Å²) in [6, 6.07) is 8.74. The molecule has 1 aliphatic rings. The highest BCUT2D eigenvalue weighted by molar-refractivity contribution is 5.90. The molecule has 1 aromatic rings. The highest BCUT2D eigenvalue weighted by atomic mass is 16.5. The van der Waals surface area contributed by atoms with Crippen molar-refractivity contribution in [3.63, 3.8) is 0 Å². The fraction of sp³-hybridized carbons (Fsp3) is 0.364. The van der Waals surface area contributed by atoms with Crippen LogP contribution in [0.25, 0.3) is 0 Å². The van der Waals surface area contributed by atoms with Gasteiger partial charge in [-0.2, -0.15) is 0 Å². The van der Waals surface area contributed by atoms with Crippen LogP contribution in [-0.4, -0.2) is 33.3 Å². The minimum atomic E-state index is 0.617. The zero-order valence-electron chi connectivity index (χ0n) is 9.03. The number of amidine groups is 1. The molecular weight excluding hydrogens is 190 g/mol. The number of aliphatic imine (C=N–C) groups is 1. The first-order valence-electron chi connectivity index (χ1n) is 4.97. The third kappa shape index (κ3) is 2.40. The van der Waals surface area contributed by atoms with E-state index in [2.05, 4.69) is 27.3 Å². The van der Waals surface area contributed by atoms with Gasteiger partial charge in [-0.1, -0.05) is 6.07 Å². The van der Waals surface area contributed by atoms with Gasteiger partial charge in [-0.3, -0.25) is 0 Å². The molecule has 0 unspecified atom stereocenters. The Morgan fingerprint density at radius 3 is 2.93 bits per heavy atom. The average Bonchev–Trinajstić information content (AvgIpc) is 2.71. The zero-order chi connectivity index (χ0) is 10.7. The molecule has 1 aromatic carbocycles. The van der Waals surface area contributed by atoms with Gasteiger partial charge >= 0.3 is 0 Å². The molecular formula is C11H15N3O. The van der Waals surface area contributed by atoms with Gasteiger partial charge in [0.05, 0.1) is 6.54 Å². The Morgan fingerprint density at radius 1 is 1.40 bits per heavy atom. The van der Waals surface area contributed by atoms with E-state index in [4.69, 9.17) is 4.74 Å². The largest absolute Gasteiger partial charge is 0.463 e. The fourth-order valence-corrected chi connectivity index (χ4v) is 1.40. The highest BCUT2D eigenvalue weighted by Gasteiger charge is 2.07. The predicted octanol–water partition coefficient (Wildman–Crippen LogP) is 1.55. The second kappa shape index (κ2) is 4.21. The molecule has 0 saturated carbocycles. The Balaban J connectivity index is 2.11. The summed E-state index contributed by atoms with van der Waals surface area (Å²) in [5.41, 5.74) is 2.15. The van der Waals surface area contributed by atoms with Crippen molar-refractivity contribution in [2.45, 2.75) is 0 Å².